The third-order valence-corrected chi connectivity index (χ3v) is 1.41. The maximum Gasteiger partial charge on any atom is 0.253 e. The number of rotatable bonds is 4. The van der Waals surface area contributed by atoms with Gasteiger partial charge in [-0.2, -0.15) is 9.37 Å². The van der Waals surface area contributed by atoms with E-state index in [4.69, 9.17) is 4.74 Å². The molecular weight excluding hydrogens is 173 g/mol. The maximum atomic E-state index is 12.9. The summed E-state index contributed by atoms with van der Waals surface area (Å²) in [5, 5.41) is 0. The molecule has 0 aliphatic carbocycles. The van der Waals surface area contributed by atoms with Crippen molar-refractivity contribution in [2.45, 2.75) is 0 Å². The van der Waals surface area contributed by atoms with Crippen LogP contribution in [0.5, 0.6) is 5.88 Å². The zero-order valence-corrected chi connectivity index (χ0v) is 7.70. The van der Waals surface area contributed by atoms with Crippen molar-refractivity contribution in [1.29, 1.82) is 0 Å². The Morgan fingerprint density at radius 1 is 1.54 bits per heavy atom. The van der Waals surface area contributed by atoms with E-state index in [-0.39, 0.29) is 5.88 Å². The van der Waals surface area contributed by atoms with Crippen LogP contribution < -0.4 is 4.74 Å². The number of nitrogens with zero attached hydrogens (tertiary/aromatic N) is 3. The highest BCUT2D eigenvalue weighted by molar-refractivity contribution is 5.08. The minimum Gasteiger partial charge on any atom is -0.474 e. The largest absolute Gasteiger partial charge is 0.474 e. The highest BCUT2D eigenvalue weighted by atomic mass is 19.1. The Morgan fingerprint density at radius 2 is 2.31 bits per heavy atom. The fourth-order valence-corrected chi connectivity index (χ4v) is 0.733. The highest BCUT2D eigenvalue weighted by Gasteiger charge is 2.03. The van der Waals surface area contributed by atoms with E-state index >= 15 is 0 Å². The molecule has 4 nitrogen and oxygen atoms in total. The summed E-state index contributed by atoms with van der Waals surface area (Å²) in [6.45, 7) is 1.14. The Morgan fingerprint density at radius 3 is 2.92 bits per heavy atom. The molecule has 0 N–H and O–H groups in total. The topological polar surface area (TPSA) is 38.2 Å². The summed E-state index contributed by atoms with van der Waals surface area (Å²) in [6.07, 6.45) is 2.34. The summed E-state index contributed by atoms with van der Waals surface area (Å²) in [4.78, 5) is 9.10. The summed E-state index contributed by atoms with van der Waals surface area (Å²) in [5.74, 6) is -0.516. The molecular formula is C8H12FN3O. The molecule has 0 atom stereocenters. The first kappa shape index (κ1) is 9.85. The number of aromatic nitrogens is 2. The van der Waals surface area contributed by atoms with Gasteiger partial charge in [0.2, 0.25) is 5.82 Å². The number of likely N-dealkylation sites (N-methyl/N-ethyl adjacent to an activating group) is 1. The lowest BCUT2D eigenvalue weighted by atomic mass is 10.6. The monoisotopic (exact) mass is 185 g/mol. The van der Waals surface area contributed by atoms with Gasteiger partial charge in [0.25, 0.3) is 5.88 Å². The molecule has 0 aliphatic heterocycles. The van der Waals surface area contributed by atoms with Crippen LogP contribution in [0.4, 0.5) is 4.39 Å². The number of halogens is 1. The summed E-state index contributed by atoms with van der Waals surface area (Å²) >= 11 is 0. The fourth-order valence-electron chi connectivity index (χ4n) is 0.733. The Hall–Kier alpha value is -1.23. The molecule has 0 spiro atoms. The molecule has 0 unspecified atom stereocenters. The average molecular weight is 185 g/mol. The first-order valence-electron chi connectivity index (χ1n) is 3.93. The molecule has 0 saturated carbocycles. The lowest BCUT2D eigenvalue weighted by Crippen LogP contribution is -2.20. The second-order valence-electron chi connectivity index (χ2n) is 2.83. The van der Waals surface area contributed by atoms with Crippen LogP contribution in [0, 0.1) is 5.82 Å². The summed E-state index contributed by atoms with van der Waals surface area (Å²) in [5.41, 5.74) is 0. The van der Waals surface area contributed by atoms with Gasteiger partial charge in [-0.15, -0.1) is 0 Å². The predicted molar refractivity (Wildman–Crippen MR) is 46.0 cm³/mol. The molecule has 1 heterocycles. The van der Waals surface area contributed by atoms with Crippen LogP contribution in [0.15, 0.2) is 12.5 Å². The van der Waals surface area contributed by atoms with Crippen LogP contribution in [0.3, 0.4) is 0 Å². The van der Waals surface area contributed by atoms with Crippen molar-refractivity contribution in [2.75, 3.05) is 27.2 Å². The molecule has 1 aromatic heterocycles. The fraction of sp³-hybridized carbons (Fsp3) is 0.500. The van der Waals surface area contributed by atoms with Gasteiger partial charge < -0.3 is 9.64 Å². The number of ether oxygens (including phenoxy) is 1. The van der Waals surface area contributed by atoms with E-state index in [0.29, 0.717) is 6.61 Å². The normalized spacial score (nSPS) is 10.5. The molecule has 1 aromatic rings. The Labute approximate surface area is 76.4 Å². The van der Waals surface area contributed by atoms with Crippen molar-refractivity contribution in [3.63, 3.8) is 0 Å². The van der Waals surface area contributed by atoms with Gasteiger partial charge in [-0.25, -0.2) is 4.98 Å². The second kappa shape index (κ2) is 4.71. The third-order valence-electron chi connectivity index (χ3n) is 1.41. The van der Waals surface area contributed by atoms with Crippen LogP contribution in [0.2, 0.25) is 0 Å². The highest BCUT2D eigenvalue weighted by Crippen LogP contribution is 2.09. The van der Waals surface area contributed by atoms with Crippen molar-refractivity contribution in [2.24, 2.45) is 0 Å². The number of hydrogen-bond acceptors (Lipinski definition) is 4. The van der Waals surface area contributed by atoms with Crippen molar-refractivity contribution in [1.82, 2.24) is 14.9 Å². The van der Waals surface area contributed by atoms with Gasteiger partial charge in [0.05, 0.1) is 6.20 Å². The van der Waals surface area contributed by atoms with Crippen molar-refractivity contribution in [3.05, 3.63) is 18.3 Å². The standard InChI is InChI=1S/C8H12FN3O/c1-12(2)3-4-13-8-7(9)5-10-6-11-8/h5-6H,3-4H2,1-2H3. The first-order valence-corrected chi connectivity index (χ1v) is 3.93. The smallest absolute Gasteiger partial charge is 0.253 e. The Kier molecular flexibility index (Phi) is 3.57. The average Bonchev–Trinajstić information content (AvgIpc) is 2.08. The molecule has 0 amide bonds. The molecule has 5 heteroatoms. The van der Waals surface area contributed by atoms with E-state index in [1.807, 2.05) is 19.0 Å². The van der Waals surface area contributed by atoms with Gasteiger partial charge >= 0.3 is 0 Å². The Balaban J connectivity index is 2.41. The van der Waals surface area contributed by atoms with E-state index in [2.05, 4.69) is 9.97 Å². The molecule has 13 heavy (non-hydrogen) atoms. The van der Waals surface area contributed by atoms with Crippen LogP contribution in [-0.2, 0) is 0 Å². The van der Waals surface area contributed by atoms with Crippen molar-refractivity contribution < 1.29 is 9.13 Å². The predicted octanol–water partition coefficient (Wildman–Crippen LogP) is 0.556. The first-order chi connectivity index (χ1) is 6.20. The number of hydrogen-bond donors (Lipinski definition) is 0. The quantitative estimate of drug-likeness (QED) is 0.686. The van der Waals surface area contributed by atoms with Crippen LogP contribution in [0.25, 0.3) is 0 Å². The summed E-state index contributed by atoms with van der Waals surface area (Å²) in [7, 11) is 3.83. The molecule has 0 fully saturated rings. The van der Waals surface area contributed by atoms with E-state index in [0.717, 1.165) is 12.7 Å². The molecule has 0 aliphatic rings. The SMILES string of the molecule is CN(C)CCOc1ncncc1F. The maximum absolute atomic E-state index is 12.9. The van der Waals surface area contributed by atoms with Gasteiger partial charge in [0.15, 0.2) is 0 Å². The van der Waals surface area contributed by atoms with Gasteiger partial charge in [0, 0.05) is 6.54 Å². The van der Waals surface area contributed by atoms with E-state index in [1.54, 1.807) is 0 Å². The van der Waals surface area contributed by atoms with Crippen LogP contribution >= 0.6 is 0 Å². The zero-order chi connectivity index (χ0) is 9.68. The molecule has 0 bridgehead atoms. The molecule has 0 saturated heterocycles. The third kappa shape index (κ3) is 3.33. The zero-order valence-electron chi connectivity index (χ0n) is 7.70. The van der Waals surface area contributed by atoms with Crippen molar-refractivity contribution >= 4 is 0 Å². The minimum absolute atomic E-state index is 0.0110. The molecule has 0 aromatic carbocycles. The van der Waals surface area contributed by atoms with Crippen molar-refractivity contribution in [3.8, 4) is 5.88 Å². The Bertz CT molecular complexity index is 267. The molecule has 1 rings (SSSR count). The van der Waals surface area contributed by atoms with Gasteiger partial charge in [0.1, 0.15) is 12.9 Å². The molecule has 72 valence electrons. The van der Waals surface area contributed by atoms with E-state index in [9.17, 15) is 4.39 Å². The van der Waals surface area contributed by atoms with Gasteiger partial charge in [-0.3, -0.25) is 0 Å². The van der Waals surface area contributed by atoms with Gasteiger partial charge in [-0.1, -0.05) is 0 Å². The van der Waals surface area contributed by atoms with E-state index in [1.165, 1.54) is 6.33 Å². The second-order valence-corrected chi connectivity index (χ2v) is 2.83. The van der Waals surface area contributed by atoms with Crippen LogP contribution in [-0.4, -0.2) is 42.1 Å². The van der Waals surface area contributed by atoms with Gasteiger partial charge in [-0.05, 0) is 14.1 Å². The summed E-state index contributed by atoms with van der Waals surface area (Å²) in [6, 6.07) is 0. The van der Waals surface area contributed by atoms with E-state index < -0.39 is 5.82 Å². The lowest BCUT2D eigenvalue weighted by molar-refractivity contribution is 0.243. The molecule has 0 radical (unpaired) electrons. The summed E-state index contributed by atoms with van der Waals surface area (Å²) < 4.78 is 17.9. The minimum atomic E-state index is -0.527. The lowest BCUT2D eigenvalue weighted by Gasteiger charge is -2.09. The van der Waals surface area contributed by atoms with Crippen LogP contribution in [0.1, 0.15) is 0 Å².